The molecule has 176 valence electrons. The monoisotopic (exact) mass is 489 g/mol. The van der Waals surface area contributed by atoms with E-state index in [0.717, 1.165) is 5.56 Å². The number of benzene rings is 3. The fraction of sp³-hybridized carbons (Fsp3) is 0.250. The minimum atomic E-state index is -3.92. The first kappa shape index (κ1) is 24.8. The Morgan fingerprint density at radius 2 is 1.45 bits per heavy atom. The molecule has 0 saturated carbocycles. The zero-order valence-electron chi connectivity index (χ0n) is 19.0. The van der Waals surface area contributed by atoms with Gasteiger partial charge in [-0.15, -0.1) is 0 Å². The van der Waals surface area contributed by atoms with E-state index < -0.39 is 19.9 Å². The van der Waals surface area contributed by atoms with Crippen molar-refractivity contribution in [3.8, 4) is 11.5 Å². The number of likely N-dealkylation sites (N-methyl/N-ethyl adjacent to an activating group) is 1. The van der Waals surface area contributed by atoms with Crippen LogP contribution < -0.4 is 9.47 Å². The standard InChI is InChI=1S/C24H27NO6S2/c1-18-10-12-21(32(26,27)20-8-6-5-7-9-20)17-24(18)33(28,29)25(2)15-14-19-11-13-22(30-3)23(16-19)31-4/h5-13,16-17H,14-15H2,1-4H3. The summed E-state index contributed by atoms with van der Waals surface area (Å²) >= 11 is 0. The van der Waals surface area contributed by atoms with E-state index in [9.17, 15) is 16.8 Å². The highest BCUT2D eigenvalue weighted by atomic mass is 32.2. The van der Waals surface area contributed by atoms with Crippen molar-refractivity contribution in [2.24, 2.45) is 0 Å². The number of ether oxygens (including phenoxy) is 2. The molecule has 0 saturated heterocycles. The molecule has 0 fully saturated rings. The van der Waals surface area contributed by atoms with Crippen LogP contribution in [0.4, 0.5) is 0 Å². The first-order valence-electron chi connectivity index (χ1n) is 10.2. The van der Waals surface area contributed by atoms with E-state index in [1.807, 2.05) is 6.07 Å². The molecule has 0 aliphatic heterocycles. The molecule has 33 heavy (non-hydrogen) atoms. The quantitative estimate of drug-likeness (QED) is 0.455. The van der Waals surface area contributed by atoms with Gasteiger partial charge in [0.1, 0.15) is 0 Å². The lowest BCUT2D eigenvalue weighted by Crippen LogP contribution is -2.29. The number of nitrogens with zero attached hydrogens (tertiary/aromatic N) is 1. The van der Waals surface area contributed by atoms with E-state index in [0.29, 0.717) is 23.5 Å². The molecular weight excluding hydrogens is 462 g/mol. The van der Waals surface area contributed by atoms with Crippen LogP contribution in [0, 0.1) is 6.92 Å². The van der Waals surface area contributed by atoms with Gasteiger partial charge in [-0.1, -0.05) is 30.3 Å². The Bertz CT molecular complexity index is 1340. The molecule has 3 aromatic rings. The molecule has 0 heterocycles. The largest absolute Gasteiger partial charge is 0.493 e. The molecule has 0 aliphatic carbocycles. The number of methoxy groups -OCH3 is 2. The van der Waals surface area contributed by atoms with Gasteiger partial charge in [0.05, 0.1) is 28.9 Å². The molecule has 9 heteroatoms. The zero-order valence-corrected chi connectivity index (χ0v) is 20.6. The molecule has 0 N–H and O–H groups in total. The normalized spacial score (nSPS) is 12.0. The maximum Gasteiger partial charge on any atom is 0.243 e. The molecule has 0 aromatic heterocycles. The highest BCUT2D eigenvalue weighted by Crippen LogP contribution is 2.29. The van der Waals surface area contributed by atoms with Crippen LogP contribution in [0.15, 0.2) is 81.4 Å². The minimum absolute atomic E-state index is 0.0330. The topological polar surface area (TPSA) is 90.0 Å². The average molecular weight is 490 g/mol. The van der Waals surface area contributed by atoms with Crippen LogP contribution in [0.5, 0.6) is 11.5 Å². The van der Waals surface area contributed by atoms with E-state index in [1.54, 1.807) is 44.4 Å². The summed E-state index contributed by atoms with van der Waals surface area (Å²) < 4.78 is 64.3. The van der Waals surface area contributed by atoms with E-state index in [2.05, 4.69) is 0 Å². The number of hydrogen-bond donors (Lipinski definition) is 0. The fourth-order valence-corrected chi connectivity index (χ4v) is 6.17. The Morgan fingerprint density at radius 1 is 0.788 bits per heavy atom. The van der Waals surface area contributed by atoms with Crippen molar-refractivity contribution in [3.05, 3.63) is 77.9 Å². The van der Waals surface area contributed by atoms with Crippen molar-refractivity contribution in [1.82, 2.24) is 4.31 Å². The number of sulfonamides is 1. The van der Waals surface area contributed by atoms with Crippen molar-refractivity contribution in [2.75, 3.05) is 27.8 Å². The van der Waals surface area contributed by atoms with Gasteiger partial charge in [0, 0.05) is 13.6 Å². The molecule has 3 rings (SSSR count). The molecular formula is C24H27NO6S2. The number of rotatable bonds is 9. The predicted octanol–water partition coefficient (Wildman–Crippen LogP) is 3.71. The molecule has 0 bridgehead atoms. The van der Waals surface area contributed by atoms with Crippen molar-refractivity contribution in [2.45, 2.75) is 28.0 Å². The van der Waals surface area contributed by atoms with Gasteiger partial charge < -0.3 is 9.47 Å². The number of hydrogen-bond acceptors (Lipinski definition) is 6. The molecule has 0 amide bonds. The predicted molar refractivity (Wildman–Crippen MR) is 126 cm³/mol. The Kier molecular flexibility index (Phi) is 7.46. The lowest BCUT2D eigenvalue weighted by Gasteiger charge is -2.19. The van der Waals surface area contributed by atoms with E-state index >= 15 is 0 Å². The second-order valence-corrected chi connectivity index (χ2v) is 11.5. The molecule has 0 spiro atoms. The van der Waals surface area contributed by atoms with Crippen molar-refractivity contribution in [3.63, 3.8) is 0 Å². The van der Waals surface area contributed by atoms with Gasteiger partial charge in [0.25, 0.3) is 0 Å². The minimum Gasteiger partial charge on any atom is -0.493 e. The van der Waals surface area contributed by atoms with E-state index in [1.165, 1.54) is 48.8 Å². The lowest BCUT2D eigenvalue weighted by atomic mass is 10.1. The van der Waals surface area contributed by atoms with Crippen LogP contribution in [0.25, 0.3) is 0 Å². The summed E-state index contributed by atoms with van der Waals surface area (Å²) in [5.41, 5.74) is 1.35. The zero-order chi connectivity index (χ0) is 24.2. The highest BCUT2D eigenvalue weighted by molar-refractivity contribution is 7.91. The SMILES string of the molecule is COc1ccc(CCN(C)S(=O)(=O)c2cc(S(=O)(=O)c3ccccc3)ccc2C)cc1OC. The number of sulfone groups is 1. The third-order valence-electron chi connectivity index (χ3n) is 5.37. The second-order valence-electron chi connectivity index (χ2n) is 7.51. The van der Waals surface area contributed by atoms with Crippen LogP contribution in [0.3, 0.4) is 0 Å². The summed E-state index contributed by atoms with van der Waals surface area (Å²) in [6.07, 6.45) is 0.442. The molecule has 0 radical (unpaired) electrons. The molecule has 3 aromatic carbocycles. The third-order valence-corrected chi connectivity index (χ3v) is 9.14. The summed E-state index contributed by atoms with van der Waals surface area (Å²) in [6, 6.07) is 17.5. The third kappa shape index (κ3) is 5.21. The first-order valence-corrected chi connectivity index (χ1v) is 13.1. The highest BCUT2D eigenvalue weighted by Gasteiger charge is 2.26. The van der Waals surface area contributed by atoms with Crippen LogP contribution in [-0.2, 0) is 26.3 Å². The molecule has 0 atom stereocenters. The summed E-state index contributed by atoms with van der Waals surface area (Å²) in [5, 5.41) is 0. The lowest BCUT2D eigenvalue weighted by molar-refractivity contribution is 0.354. The van der Waals surface area contributed by atoms with Gasteiger partial charge >= 0.3 is 0 Å². The first-order chi connectivity index (χ1) is 15.6. The summed E-state index contributed by atoms with van der Waals surface area (Å²) in [7, 11) is -3.20. The number of aryl methyl sites for hydroxylation is 1. The van der Waals surface area contributed by atoms with Crippen molar-refractivity contribution < 1.29 is 26.3 Å². The van der Waals surface area contributed by atoms with Gasteiger partial charge in [0.15, 0.2) is 11.5 Å². The van der Waals surface area contributed by atoms with Crippen LogP contribution >= 0.6 is 0 Å². The molecule has 0 unspecified atom stereocenters. The van der Waals surface area contributed by atoms with Gasteiger partial charge in [-0.05, 0) is 60.9 Å². The van der Waals surface area contributed by atoms with Crippen molar-refractivity contribution >= 4 is 19.9 Å². The smallest absolute Gasteiger partial charge is 0.243 e. The van der Waals surface area contributed by atoms with Crippen LogP contribution in [0.2, 0.25) is 0 Å². The van der Waals surface area contributed by atoms with Crippen LogP contribution in [0.1, 0.15) is 11.1 Å². The van der Waals surface area contributed by atoms with Crippen molar-refractivity contribution in [1.29, 1.82) is 0 Å². The Balaban J connectivity index is 1.87. The van der Waals surface area contributed by atoms with Gasteiger partial charge in [-0.25, -0.2) is 21.1 Å². The Labute approximate surface area is 195 Å². The second kappa shape index (κ2) is 9.94. The Morgan fingerprint density at radius 3 is 2.09 bits per heavy atom. The van der Waals surface area contributed by atoms with Gasteiger partial charge in [-0.3, -0.25) is 0 Å². The maximum absolute atomic E-state index is 13.3. The summed E-state index contributed by atoms with van der Waals surface area (Å²) in [6.45, 7) is 1.85. The molecule has 0 aliphatic rings. The van der Waals surface area contributed by atoms with Crippen LogP contribution in [-0.4, -0.2) is 49.0 Å². The van der Waals surface area contributed by atoms with E-state index in [-0.39, 0.29) is 21.2 Å². The maximum atomic E-state index is 13.3. The fourth-order valence-electron chi connectivity index (χ4n) is 3.37. The van der Waals surface area contributed by atoms with Gasteiger partial charge in [-0.2, -0.15) is 0 Å². The van der Waals surface area contributed by atoms with E-state index in [4.69, 9.17) is 9.47 Å². The Hall–Kier alpha value is -2.88. The van der Waals surface area contributed by atoms with Gasteiger partial charge in [0.2, 0.25) is 19.9 Å². The average Bonchev–Trinajstić information content (AvgIpc) is 2.82. The molecule has 7 nitrogen and oxygen atoms in total. The summed E-state index contributed by atoms with van der Waals surface area (Å²) in [5.74, 6) is 1.16. The summed E-state index contributed by atoms with van der Waals surface area (Å²) in [4.78, 5) is 0.0134.